The third-order valence-electron chi connectivity index (χ3n) is 1.71. The molecule has 0 aromatic heterocycles. The van der Waals surface area contributed by atoms with Gasteiger partial charge in [0, 0.05) is 12.2 Å². The van der Waals surface area contributed by atoms with Gasteiger partial charge >= 0.3 is 0 Å². The van der Waals surface area contributed by atoms with Crippen molar-refractivity contribution in [3.05, 3.63) is 68.0 Å². The summed E-state index contributed by atoms with van der Waals surface area (Å²) in [4.78, 5) is 19.0. The highest BCUT2D eigenvalue weighted by Crippen LogP contribution is 2.07. The third kappa shape index (κ3) is 4.14. The van der Waals surface area contributed by atoms with Gasteiger partial charge in [-0.05, 0) is 11.1 Å². The van der Waals surface area contributed by atoms with Crippen molar-refractivity contribution >= 4 is 12.2 Å². The molecule has 16 heavy (non-hydrogen) atoms. The lowest BCUT2D eigenvalue weighted by molar-refractivity contribution is -0.401. The lowest BCUT2D eigenvalue weighted by atomic mass is 10.1. The summed E-state index contributed by atoms with van der Waals surface area (Å²) in [6, 6.07) is 6.55. The largest absolute Gasteiger partial charge is 0.259 e. The van der Waals surface area contributed by atoms with Gasteiger partial charge in [-0.25, -0.2) is 0 Å². The lowest BCUT2D eigenvalue weighted by Gasteiger charge is -1.93. The van der Waals surface area contributed by atoms with Crippen LogP contribution in [0.1, 0.15) is 11.1 Å². The van der Waals surface area contributed by atoms with Crippen LogP contribution in [0.25, 0.3) is 12.2 Å². The predicted molar refractivity (Wildman–Crippen MR) is 58.5 cm³/mol. The van der Waals surface area contributed by atoms with E-state index in [2.05, 4.69) is 0 Å². The molecule has 0 aliphatic carbocycles. The number of hydrogen-bond acceptors (Lipinski definition) is 4. The summed E-state index contributed by atoms with van der Waals surface area (Å²) in [5.41, 5.74) is 1.32. The first-order chi connectivity index (χ1) is 7.58. The molecule has 0 saturated carbocycles. The molecule has 0 N–H and O–H groups in total. The van der Waals surface area contributed by atoms with Crippen molar-refractivity contribution in [2.75, 3.05) is 0 Å². The summed E-state index contributed by atoms with van der Waals surface area (Å²) in [6.45, 7) is 0. The van der Waals surface area contributed by atoms with Gasteiger partial charge in [0.15, 0.2) is 0 Å². The molecule has 0 unspecified atom stereocenters. The molecule has 0 fully saturated rings. The van der Waals surface area contributed by atoms with Gasteiger partial charge in [-0.15, -0.1) is 0 Å². The average Bonchev–Trinajstić information content (AvgIpc) is 2.25. The van der Waals surface area contributed by atoms with Crippen LogP contribution in [-0.2, 0) is 0 Å². The maximum absolute atomic E-state index is 10.0. The lowest BCUT2D eigenvalue weighted by Crippen LogP contribution is -1.83. The van der Waals surface area contributed by atoms with E-state index in [-0.39, 0.29) is 0 Å². The molecular weight excluding hydrogens is 212 g/mol. The van der Waals surface area contributed by atoms with Crippen LogP contribution in [0.4, 0.5) is 0 Å². The Labute approximate surface area is 90.8 Å². The smallest absolute Gasteiger partial charge is 0.235 e. The maximum Gasteiger partial charge on any atom is 0.235 e. The Hall–Kier alpha value is -2.50. The van der Waals surface area contributed by atoms with E-state index in [4.69, 9.17) is 0 Å². The number of nitrogens with zero attached hydrogens (tertiary/aromatic N) is 2. The van der Waals surface area contributed by atoms with Crippen molar-refractivity contribution in [3.63, 3.8) is 0 Å². The first kappa shape index (κ1) is 11.6. The molecule has 1 rings (SSSR count). The number of rotatable bonds is 4. The molecule has 0 saturated heterocycles. The molecule has 0 spiro atoms. The van der Waals surface area contributed by atoms with Crippen LogP contribution in [0, 0.1) is 20.2 Å². The Bertz CT molecular complexity index is 405. The summed E-state index contributed by atoms with van der Waals surface area (Å²) in [5, 5.41) is 20.1. The van der Waals surface area contributed by atoms with Crippen molar-refractivity contribution < 1.29 is 9.85 Å². The highest BCUT2D eigenvalue weighted by atomic mass is 16.6. The molecule has 0 aliphatic heterocycles. The first-order valence-electron chi connectivity index (χ1n) is 4.31. The molecule has 6 nitrogen and oxygen atoms in total. The van der Waals surface area contributed by atoms with Gasteiger partial charge in [0.1, 0.15) is 0 Å². The monoisotopic (exact) mass is 220 g/mol. The first-order valence-corrected chi connectivity index (χ1v) is 4.31. The highest BCUT2D eigenvalue weighted by Gasteiger charge is 1.92. The van der Waals surface area contributed by atoms with Crippen molar-refractivity contribution in [3.8, 4) is 0 Å². The molecule has 1 aromatic carbocycles. The van der Waals surface area contributed by atoms with Crippen LogP contribution in [0.3, 0.4) is 0 Å². The van der Waals surface area contributed by atoms with E-state index >= 15 is 0 Å². The molecule has 0 atom stereocenters. The molecule has 0 radical (unpaired) electrons. The molecule has 82 valence electrons. The van der Waals surface area contributed by atoms with Crippen LogP contribution >= 0.6 is 0 Å². The van der Waals surface area contributed by atoms with E-state index in [0.29, 0.717) is 11.1 Å². The number of benzene rings is 1. The zero-order valence-corrected chi connectivity index (χ0v) is 8.15. The van der Waals surface area contributed by atoms with Crippen LogP contribution < -0.4 is 0 Å². The van der Waals surface area contributed by atoms with Gasteiger partial charge in [-0.3, -0.25) is 20.2 Å². The van der Waals surface area contributed by atoms with E-state index in [1.807, 2.05) is 0 Å². The van der Waals surface area contributed by atoms with E-state index in [1.54, 1.807) is 24.3 Å². The van der Waals surface area contributed by atoms with Gasteiger partial charge in [0.2, 0.25) is 12.4 Å². The van der Waals surface area contributed by atoms with Crippen molar-refractivity contribution in [1.29, 1.82) is 0 Å². The predicted octanol–water partition coefficient (Wildman–Crippen LogP) is 2.18. The Morgan fingerprint density at radius 2 is 1.12 bits per heavy atom. The second kappa shape index (κ2) is 5.40. The average molecular weight is 220 g/mol. The normalized spacial score (nSPS) is 11.0. The zero-order chi connectivity index (χ0) is 12.0. The Morgan fingerprint density at radius 3 is 1.38 bits per heavy atom. The molecule has 0 heterocycles. The van der Waals surface area contributed by atoms with Crippen molar-refractivity contribution in [1.82, 2.24) is 0 Å². The summed E-state index contributed by atoms with van der Waals surface area (Å²) >= 11 is 0. The summed E-state index contributed by atoms with van der Waals surface area (Å²) in [5.74, 6) is 0. The third-order valence-corrected chi connectivity index (χ3v) is 1.71. The standard InChI is InChI=1S/C10H8N2O4/c13-11(14)7-5-9-1-2-10(4-3-9)6-8-12(15)16/h1-8H. The molecule has 1 aromatic rings. The number of hydrogen-bond donors (Lipinski definition) is 0. The minimum Gasteiger partial charge on any atom is -0.259 e. The van der Waals surface area contributed by atoms with Gasteiger partial charge in [0.05, 0.1) is 9.85 Å². The van der Waals surface area contributed by atoms with Gasteiger partial charge < -0.3 is 0 Å². The van der Waals surface area contributed by atoms with E-state index < -0.39 is 9.85 Å². The molecule has 0 aliphatic rings. The molecule has 6 heteroatoms. The van der Waals surface area contributed by atoms with Crippen molar-refractivity contribution in [2.45, 2.75) is 0 Å². The van der Waals surface area contributed by atoms with Crippen molar-refractivity contribution in [2.24, 2.45) is 0 Å². The topological polar surface area (TPSA) is 86.3 Å². The summed E-state index contributed by atoms with van der Waals surface area (Å²) in [6.07, 6.45) is 4.37. The second-order valence-corrected chi connectivity index (χ2v) is 2.87. The minimum atomic E-state index is -0.555. The second-order valence-electron chi connectivity index (χ2n) is 2.87. The van der Waals surface area contributed by atoms with E-state index in [9.17, 15) is 20.2 Å². The number of nitro groups is 2. The molecule has 0 amide bonds. The fraction of sp³-hybridized carbons (Fsp3) is 0. The van der Waals surface area contributed by atoms with Crippen LogP contribution in [0.2, 0.25) is 0 Å². The van der Waals surface area contributed by atoms with Crippen LogP contribution in [-0.4, -0.2) is 9.85 Å². The Morgan fingerprint density at radius 1 is 0.812 bits per heavy atom. The summed E-state index contributed by atoms with van der Waals surface area (Å²) < 4.78 is 0. The molecule has 0 bridgehead atoms. The van der Waals surface area contributed by atoms with Gasteiger partial charge in [-0.2, -0.15) is 0 Å². The fourth-order valence-electron chi connectivity index (χ4n) is 1.01. The SMILES string of the molecule is O=[N+]([O-])C=Cc1ccc(C=C[N+](=O)[O-])cc1. The molecular formula is C10H8N2O4. The van der Waals surface area contributed by atoms with E-state index in [0.717, 1.165) is 12.4 Å². The Balaban J connectivity index is 2.75. The summed E-state index contributed by atoms with van der Waals surface area (Å²) in [7, 11) is 0. The van der Waals surface area contributed by atoms with E-state index in [1.165, 1.54) is 12.2 Å². The highest BCUT2D eigenvalue weighted by molar-refractivity contribution is 5.54. The maximum atomic E-state index is 10.0. The van der Waals surface area contributed by atoms with Gasteiger partial charge in [-0.1, -0.05) is 24.3 Å². The zero-order valence-electron chi connectivity index (χ0n) is 8.15. The van der Waals surface area contributed by atoms with Crippen LogP contribution in [0.15, 0.2) is 36.7 Å². The van der Waals surface area contributed by atoms with Crippen LogP contribution in [0.5, 0.6) is 0 Å². The fourth-order valence-corrected chi connectivity index (χ4v) is 1.01. The quantitative estimate of drug-likeness (QED) is 0.574. The Kier molecular flexibility index (Phi) is 3.90. The minimum absolute atomic E-state index is 0.555. The van der Waals surface area contributed by atoms with Gasteiger partial charge in [0.25, 0.3) is 0 Å².